The minimum absolute atomic E-state index is 0.0584. The van der Waals surface area contributed by atoms with E-state index in [-0.39, 0.29) is 40.3 Å². The van der Waals surface area contributed by atoms with Crippen LogP contribution in [-0.4, -0.2) is 46.5 Å². The lowest BCUT2D eigenvalue weighted by Crippen LogP contribution is -2.51. The van der Waals surface area contributed by atoms with Gasteiger partial charge in [-0.3, -0.25) is 9.59 Å². The third-order valence-electron chi connectivity index (χ3n) is 5.23. The normalized spacial score (nSPS) is 22.9. The van der Waals surface area contributed by atoms with Crippen LogP contribution in [0.15, 0.2) is 30.3 Å². The van der Waals surface area contributed by atoms with Gasteiger partial charge in [0, 0.05) is 41.9 Å². The maximum atomic E-state index is 13.3. The number of nitrogens with zero attached hydrogens (tertiary/aromatic N) is 2. The van der Waals surface area contributed by atoms with Gasteiger partial charge >= 0.3 is 6.01 Å². The number of carbonyl (C=O) groups is 2. The molecule has 1 aliphatic carbocycles. The fourth-order valence-corrected chi connectivity index (χ4v) is 4.05. The van der Waals surface area contributed by atoms with Gasteiger partial charge in [0.05, 0.1) is 19.2 Å². The molecule has 2 atom stereocenters. The highest BCUT2D eigenvalue weighted by atomic mass is 35.5. The highest BCUT2D eigenvalue weighted by molar-refractivity contribution is 6.36. The third kappa shape index (κ3) is 2.66. The fraction of sp³-hybridized carbons (Fsp3) is 0.300. The van der Waals surface area contributed by atoms with Crippen molar-refractivity contribution >= 4 is 23.2 Å². The summed E-state index contributed by atoms with van der Waals surface area (Å²) in [6.07, 6.45) is 4.13. The van der Waals surface area contributed by atoms with Crippen LogP contribution >= 0.6 is 11.6 Å². The molecule has 1 aliphatic heterocycles. The number of aliphatic hydroxyl groups is 1. The summed E-state index contributed by atoms with van der Waals surface area (Å²) in [5.74, 6) is -1.49. The minimum Gasteiger partial charge on any atom is -0.507 e. The highest BCUT2D eigenvalue weighted by Crippen LogP contribution is 2.53. The number of hydrogen-bond acceptors (Lipinski definition) is 8. The molecule has 2 aromatic rings. The van der Waals surface area contributed by atoms with Crippen molar-refractivity contribution in [2.24, 2.45) is 5.92 Å². The van der Waals surface area contributed by atoms with Crippen molar-refractivity contribution in [3.63, 3.8) is 0 Å². The van der Waals surface area contributed by atoms with E-state index in [1.54, 1.807) is 13.0 Å². The van der Waals surface area contributed by atoms with Crippen molar-refractivity contribution in [2.45, 2.75) is 18.9 Å². The predicted molar refractivity (Wildman–Crippen MR) is 103 cm³/mol. The molecule has 2 heterocycles. The first-order valence-corrected chi connectivity index (χ1v) is 9.16. The second-order valence-corrected chi connectivity index (χ2v) is 7.25. The van der Waals surface area contributed by atoms with Crippen molar-refractivity contribution < 1.29 is 28.9 Å². The number of methoxy groups -OCH3 is 2. The number of aliphatic hydroxyl groups excluding tert-OH is 1. The summed E-state index contributed by atoms with van der Waals surface area (Å²) in [5, 5.41) is 10.7. The molecule has 0 bridgehead atoms. The van der Waals surface area contributed by atoms with E-state index in [1.165, 1.54) is 26.6 Å². The van der Waals surface area contributed by atoms with Gasteiger partial charge in [-0.05, 0) is 6.07 Å². The van der Waals surface area contributed by atoms with Gasteiger partial charge in [-0.1, -0.05) is 18.5 Å². The van der Waals surface area contributed by atoms with Crippen molar-refractivity contribution in [1.29, 1.82) is 0 Å². The number of benzene rings is 1. The van der Waals surface area contributed by atoms with E-state index >= 15 is 0 Å². The molecule has 0 saturated carbocycles. The summed E-state index contributed by atoms with van der Waals surface area (Å²) in [6.45, 7) is 1.67. The van der Waals surface area contributed by atoms with E-state index in [4.69, 9.17) is 25.8 Å². The van der Waals surface area contributed by atoms with Gasteiger partial charge in [0.1, 0.15) is 17.1 Å². The molecule has 9 heteroatoms. The molecule has 1 N–H and O–H groups in total. The number of Topliss-reactive ketones (excluding diaryl/α,β-unsaturated/α-hetero) is 1. The summed E-state index contributed by atoms with van der Waals surface area (Å²) in [4.78, 5) is 33.3. The van der Waals surface area contributed by atoms with E-state index in [2.05, 4.69) is 9.97 Å². The molecule has 0 amide bonds. The molecular formula is C20H17ClN2O6. The Labute approximate surface area is 171 Å². The molecule has 1 aromatic heterocycles. The van der Waals surface area contributed by atoms with Crippen LogP contribution in [0.5, 0.6) is 17.5 Å². The number of ether oxygens (including phenoxy) is 3. The lowest BCUT2D eigenvalue weighted by Gasteiger charge is -2.34. The topological polar surface area (TPSA) is 108 Å². The minimum atomic E-state index is -1.71. The predicted octanol–water partition coefficient (Wildman–Crippen LogP) is 3.18. The van der Waals surface area contributed by atoms with E-state index in [9.17, 15) is 14.7 Å². The monoisotopic (exact) mass is 416 g/mol. The molecular weight excluding hydrogens is 400 g/mol. The average molecular weight is 417 g/mol. The Bertz CT molecular complexity index is 1070. The SMILES string of the molecule is COc1ncc(-c2cc(OC)c3c(c2Cl)O[C@]2(C3=O)C(O)=CC(=O)C[C@H]2C)cn1. The summed E-state index contributed by atoms with van der Waals surface area (Å²) in [7, 11) is 2.87. The van der Waals surface area contributed by atoms with Crippen LogP contribution in [0, 0.1) is 5.92 Å². The number of halogens is 1. The zero-order valence-corrected chi connectivity index (χ0v) is 16.6. The van der Waals surface area contributed by atoms with Crippen LogP contribution in [0.4, 0.5) is 0 Å². The number of rotatable bonds is 3. The first-order valence-electron chi connectivity index (χ1n) is 8.78. The van der Waals surface area contributed by atoms with Crippen LogP contribution in [0.25, 0.3) is 11.1 Å². The Morgan fingerprint density at radius 2 is 1.93 bits per heavy atom. The van der Waals surface area contributed by atoms with Crippen molar-refractivity contribution in [1.82, 2.24) is 9.97 Å². The zero-order chi connectivity index (χ0) is 20.9. The molecule has 2 aliphatic rings. The van der Waals surface area contributed by atoms with Crippen molar-refractivity contribution in [3.8, 4) is 28.6 Å². The van der Waals surface area contributed by atoms with Gasteiger partial charge in [-0.25, -0.2) is 9.97 Å². The Morgan fingerprint density at radius 1 is 1.24 bits per heavy atom. The van der Waals surface area contributed by atoms with Gasteiger partial charge in [-0.2, -0.15) is 0 Å². The van der Waals surface area contributed by atoms with Gasteiger partial charge in [-0.15, -0.1) is 0 Å². The zero-order valence-electron chi connectivity index (χ0n) is 15.9. The second-order valence-electron chi connectivity index (χ2n) is 6.87. The first-order chi connectivity index (χ1) is 13.8. The molecule has 8 nitrogen and oxygen atoms in total. The number of allylic oxidation sites excluding steroid dienone is 1. The Morgan fingerprint density at radius 3 is 2.52 bits per heavy atom. The fourth-order valence-electron chi connectivity index (χ4n) is 3.76. The number of ketones is 2. The summed E-state index contributed by atoms with van der Waals surface area (Å²) >= 11 is 6.60. The highest BCUT2D eigenvalue weighted by Gasteiger charge is 2.59. The molecule has 4 rings (SSSR count). The summed E-state index contributed by atoms with van der Waals surface area (Å²) in [6, 6.07) is 1.78. The average Bonchev–Trinajstić information content (AvgIpc) is 3.02. The van der Waals surface area contributed by atoms with Gasteiger partial charge in [0.25, 0.3) is 0 Å². The van der Waals surface area contributed by atoms with E-state index < -0.39 is 23.1 Å². The van der Waals surface area contributed by atoms with Gasteiger partial charge < -0.3 is 19.3 Å². The number of aromatic nitrogens is 2. The second kappa shape index (κ2) is 6.73. The maximum absolute atomic E-state index is 13.3. The Kier molecular flexibility index (Phi) is 4.46. The molecule has 1 spiro atoms. The van der Waals surface area contributed by atoms with Crippen LogP contribution < -0.4 is 14.2 Å². The standard InChI is InChI=1S/C20H17ClN2O6/c1-9-4-11(24)5-14(25)20(9)18(26)15-13(27-2)6-12(16(21)17(15)29-20)10-7-22-19(28-3)23-8-10/h5-9,25H,4H2,1-3H3/t9-,20+/m1/s1. The molecule has 0 radical (unpaired) electrons. The Hall–Kier alpha value is -3.13. The Balaban J connectivity index is 1.90. The lowest BCUT2D eigenvalue weighted by molar-refractivity contribution is -0.118. The van der Waals surface area contributed by atoms with E-state index in [0.717, 1.165) is 6.08 Å². The summed E-state index contributed by atoms with van der Waals surface area (Å²) < 4.78 is 16.4. The molecule has 0 unspecified atom stereocenters. The number of carbonyl (C=O) groups excluding carboxylic acids is 2. The smallest absolute Gasteiger partial charge is 0.316 e. The quantitative estimate of drug-likeness (QED) is 0.812. The molecule has 0 saturated heterocycles. The van der Waals surface area contributed by atoms with Crippen LogP contribution in [0.1, 0.15) is 23.7 Å². The van der Waals surface area contributed by atoms with Crippen LogP contribution in [0.2, 0.25) is 5.02 Å². The largest absolute Gasteiger partial charge is 0.507 e. The maximum Gasteiger partial charge on any atom is 0.316 e. The van der Waals surface area contributed by atoms with Crippen molar-refractivity contribution in [3.05, 3.63) is 40.9 Å². The number of fused-ring (bicyclic) bond motifs is 1. The summed E-state index contributed by atoms with van der Waals surface area (Å²) in [5.41, 5.74) is -0.544. The van der Waals surface area contributed by atoms with Crippen LogP contribution in [0.3, 0.4) is 0 Å². The molecule has 0 fully saturated rings. The van der Waals surface area contributed by atoms with Gasteiger partial charge in [0.15, 0.2) is 11.5 Å². The van der Waals surface area contributed by atoms with Gasteiger partial charge in [0.2, 0.25) is 11.4 Å². The lowest BCUT2D eigenvalue weighted by atomic mass is 9.75. The van der Waals surface area contributed by atoms with Crippen molar-refractivity contribution in [2.75, 3.05) is 14.2 Å². The molecule has 1 aromatic carbocycles. The van der Waals surface area contributed by atoms with Crippen LogP contribution in [-0.2, 0) is 4.79 Å². The third-order valence-corrected chi connectivity index (χ3v) is 5.61. The molecule has 29 heavy (non-hydrogen) atoms. The number of hydrogen-bond donors (Lipinski definition) is 1. The molecule has 150 valence electrons. The first kappa shape index (κ1) is 19.2. The van der Waals surface area contributed by atoms with E-state index in [1.807, 2.05) is 0 Å². The van der Waals surface area contributed by atoms with E-state index in [0.29, 0.717) is 11.1 Å².